The van der Waals surface area contributed by atoms with Crippen molar-refractivity contribution in [2.24, 2.45) is 11.8 Å². The monoisotopic (exact) mass is 753 g/mol. The summed E-state index contributed by atoms with van der Waals surface area (Å²) in [6.45, 7) is -0.639. The number of carbonyl (C=O) groups is 4. The van der Waals surface area contributed by atoms with Crippen molar-refractivity contribution in [2.75, 3.05) is 11.5 Å². The molecule has 0 bridgehead atoms. The lowest BCUT2D eigenvalue weighted by atomic mass is 9.81. The Bertz CT molecular complexity index is 1870. The molecule has 1 aromatic heterocycles. The van der Waals surface area contributed by atoms with Crippen LogP contribution in [-0.2, 0) is 14.3 Å². The minimum absolute atomic E-state index is 0.0358. The van der Waals surface area contributed by atoms with Gasteiger partial charge in [-0.15, -0.1) is 0 Å². The van der Waals surface area contributed by atoms with E-state index >= 15 is 0 Å². The molecule has 6 rings (SSSR count). The van der Waals surface area contributed by atoms with Gasteiger partial charge in [0.15, 0.2) is 6.61 Å². The third kappa shape index (κ3) is 6.01. The van der Waals surface area contributed by atoms with E-state index in [1.54, 1.807) is 42.5 Å². The molecule has 3 aromatic carbocycles. The molecular formula is C32H22Br2ClN3O7. The van der Waals surface area contributed by atoms with Crippen molar-refractivity contribution in [2.45, 2.75) is 22.5 Å². The highest BCUT2D eigenvalue weighted by Crippen LogP contribution is 2.44. The standard InChI is InChI=1S/C32H22Br2ClN3O7/c33-25-12-22-23(13-26(25)34)31(41)37(30(22)40)19-7-4-16(5-8-19)28-14-24(21-11-18(35)6-9-27(21)36-28)32(42)45-15-29(39)17-2-1-3-20(10-17)38(43)44/h1-11,14,22-23,25-26H,12-13,15H2. The summed E-state index contributed by atoms with van der Waals surface area (Å²) in [6.07, 6.45) is 1.14. The van der Waals surface area contributed by atoms with Crippen LogP contribution in [0, 0.1) is 22.0 Å². The molecule has 0 spiro atoms. The van der Waals surface area contributed by atoms with E-state index in [2.05, 4.69) is 36.8 Å². The zero-order valence-electron chi connectivity index (χ0n) is 23.2. The van der Waals surface area contributed by atoms with Gasteiger partial charge in [-0.25, -0.2) is 9.78 Å². The summed E-state index contributed by atoms with van der Waals surface area (Å²) in [5.74, 6) is -2.60. The summed E-state index contributed by atoms with van der Waals surface area (Å²) in [5.41, 5.74) is 1.80. The molecule has 1 saturated carbocycles. The first-order valence-electron chi connectivity index (χ1n) is 13.8. The molecular weight excluding hydrogens is 734 g/mol. The molecule has 13 heteroatoms. The molecule has 4 unspecified atom stereocenters. The number of nitro benzene ring substituents is 1. The van der Waals surface area contributed by atoms with Crippen LogP contribution in [0.4, 0.5) is 11.4 Å². The van der Waals surface area contributed by atoms with Crippen molar-refractivity contribution in [1.82, 2.24) is 4.98 Å². The number of aromatic nitrogens is 1. The molecule has 1 aliphatic heterocycles. The van der Waals surface area contributed by atoms with Crippen LogP contribution in [0.15, 0.2) is 72.8 Å². The molecule has 228 valence electrons. The summed E-state index contributed by atoms with van der Waals surface area (Å²) >= 11 is 13.4. The number of fused-ring (bicyclic) bond motifs is 2. The van der Waals surface area contributed by atoms with Crippen LogP contribution in [0.3, 0.4) is 0 Å². The van der Waals surface area contributed by atoms with Crippen molar-refractivity contribution in [3.05, 3.63) is 99.1 Å². The van der Waals surface area contributed by atoms with E-state index in [0.29, 0.717) is 45.7 Å². The molecule has 1 aliphatic carbocycles. The number of nitrogens with zero attached hydrogens (tertiary/aromatic N) is 3. The number of carbonyl (C=O) groups excluding carboxylic acids is 4. The summed E-state index contributed by atoms with van der Waals surface area (Å²) in [7, 11) is 0. The number of esters is 1. The van der Waals surface area contributed by atoms with E-state index in [-0.39, 0.29) is 50.1 Å². The van der Waals surface area contributed by atoms with E-state index in [4.69, 9.17) is 16.3 Å². The van der Waals surface area contributed by atoms with E-state index in [0.717, 1.165) is 6.07 Å². The molecule has 4 aromatic rings. The molecule has 2 amide bonds. The topological polar surface area (TPSA) is 137 Å². The number of amides is 2. The van der Waals surface area contributed by atoms with Gasteiger partial charge in [0.2, 0.25) is 17.6 Å². The number of hydrogen-bond acceptors (Lipinski definition) is 8. The second-order valence-electron chi connectivity index (χ2n) is 10.8. The number of benzene rings is 3. The fourth-order valence-electron chi connectivity index (χ4n) is 5.73. The van der Waals surface area contributed by atoms with Gasteiger partial charge in [0.1, 0.15) is 0 Å². The number of halogens is 3. The van der Waals surface area contributed by atoms with Gasteiger partial charge < -0.3 is 4.74 Å². The highest BCUT2D eigenvalue weighted by Gasteiger charge is 2.52. The predicted octanol–water partition coefficient (Wildman–Crippen LogP) is 6.93. The summed E-state index contributed by atoms with van der Waals surface area (Å²) in [4.78, 5) is 69.0. The first-order chi connectivity index (χ1) is 21.5. The minimum atomic E-state index is -0.813. The molecule has 1 saturated heterocycles. The SMILES string of the molecule is O=C(COC(=O)c1cc(-c2ccc(N3C(=O)C4CC(Br)C(Br)CC4C3=O)cc2)nc2ccc(Cl)cc12)c1cccc([N+](=O)[O-])c1. The average Bonchev–Trinajstić information content (AvgIpc) is 3.27. The molecule has 0 N–H and O–H groups in total. The van der Waals surface area contributed by atoms with Gasteiger partial charge in [-0.05, 0) is 49.2 Å². The third-order valence-electron chi connectivity index (χ3n) is 8.04. The van der Waals surface area contributed by atoms with Crippen LogP contribution < -0.4 is 4.90 Å². The lowest BCUT2D eigenvalue weighted by Crippen LogP contribution is -2.34. The van der Waals surface area contributed by atoms with E-state index in [1.165, 1.54) is 29.2 Å². The zero-order valence-corrected chi connectivity index (χ0v) is 27.1. The Morgan fingerprint density at radius 2 is 1.62 bits per heavy atom. The van der Waals surface area contributed by atoms with E-state index in [1.807, 2.05) is 0 Å². The number of hydrogen-bond donors (Lipinski definition) is 0. The molecule has 2 heterocycles. The Balaban J connectivity index is 1.26. The Hall–Kier alpha value is -4.00. The number of pyridine rings is 1. The van der Waals surface area contributed by atoms with Gasteiger partial charge in [-0.2, -0.15) is 0 Å². The highest BCUT2D eigenvalue weighted by atomic mass is 79.9. The second-order valence-corrected chi connectivity index (χ2v) is 13.6. The van der Waals surface area contributed by atoms with Crippen molar-refractivity contribution in [1.29, 1.82) is 0 Å². The van der Waals surface area contributed by atoms with Crippen molar-refractivity contribution < 1.29 is 28.8 Å². The number of ketones is 1. The number of Topliss-reactive ketones (excluding diaryl/α,β-unsaturated/α-hetero) is 1. The summed E-state index contributed by atoms with van der Waals surface area (Å²) < 4.78 is 5.34. The second kappa shape index (κ2) is 12.4. The number of nitro groups is 1. The van der Waals surface area contributed by atoms with Gasteiger partial charge in [0.25, 0.3) is 5.69 Å². The van der Waals surface area contributed by atoms with Gasteiger partial charge >= 0.3 is 5.97 Å². The van der Waals surface area contributed by atoms with Gasteiger partial charge in [0.05, 0.1) is 39.2 Å². The number of imide groups is 1. The maximum Gasteiger partial charge on any atom is 0.339 e. The lowest BCUT2D eigenvalue weighted by molar-refractivity contribution is -0.384. The Morgan fingerprint density at radius 1 is 0.956 bits per heavy atom. The first-order valence-corrected chi connectivity index (χ1v) is 16.0. The normalized spacial score (nSPS) is 21.1. The van der Waals surface area contributed by atoms with Crippen LogP contribution in [0.1, 0.15) is 33.6 Å². The van der Waals surface area contributed by atoms with Gasteiger partial charge in [-0.1, -0.05) is 67.7 Å². The van der Waals surface area contributed by atoms with Crippen LogP contribution >= 0.6 is 43.5 Å². The fraction of sp³-hybridized carbons (Fsp3) is 0.219. The van der Waals surface area contributed by atoms with Crippen LogP contribution in [-0.4, -0.2) is 49.7 Å². The Morgan fingerprint density at radius 3 is 2.27 bits per heavy atom. The Kier molecular flexibility index (Phi) is 8.55. The molecule has 0 radical (unpaired) electrons. The Labute approximate surface area is 278 Å². The molecule has 2 aliphatic rings. The first kappa shape index (κ1) is 31.0. The summed E-state index contributed by atoms with van der Waals surface area (Å²) in [6, 6.07) is 18.3. The number of anilines is 1. The summed E-state index contributed by atoms with van der Waals surface area (Å²) in [5, 5.41) is 11.8. The van der Waals surface area contributed by atoms with Crippen molar-refractivity contribution in [3.8, 4) is 11.3 Å². The van der Waals surface area contributed by atoms with Gasteiger partial charge in [0, 0.05) is 43.3 Å². The van der Waals surface area contributed by atoms with Crippen LogP contribution in [0.5, 0.6) is 0 Å². The average molecular weight is 756 g/mol. The predicted molar refractivity (Wildman–Crippen MR) is 174 cm³/mol. The lowest BCUT2D eigenvalue weighted by Gasteiger charge is -2.29. The van der Waals surface area contributed by atoms with Crippen LogP contribution in [0.2, 0.25) is 5.02 Å². The van der Waals surface area contributed by atoms with Crippen molar-refractivity contribution in [3.63, 3.8) is 0 Å². The van der Waals surface area contributed by atoms with E-state index in [9.17, 15) is 29.3 Å². The maximum absolute atomic E-state index is 13.3. The number of ether oxygens (including phenoxy) is 1. The smallest absolute Gasteiger partial charge is 0.339 e. The zero-order chi connectivity index (χ0) is 32.0. The minimum Gasteiger partial charge on any atom is -0.454 e. The largest absolute Gasteiger partial charge is 0.454 e. The molecule has 4 atom stereocenters. The van der Waals surface area contributed by atoms with Crippen LogP contribution in [0.25, 0.3) is 22.2 Å². The highest BCUT2D eigenvalue weighted by molar-refractivity contribution is 9.12. The molecule has 10 nitrogen and oxygen atoms in total. The molecule has 2 fully saturated rings. The number of alkyl halides is 2. The van der Waals surface area contributed by atoms with E-state index < -0.39 is 23.3 Å². The number of non-ortho nitro benzene ring substituents is 1. The fourth-order valence-corrected chi connectivity index (χ4v) is 7.14. The third-order valence-corrected chi connectivity index (χ3v) is 11.0. The quantitative estimate of drug-likeness (QED) is 0.0495. The number of rotatable bonds is 7. The van der Waals surface area contributed by atoms with Gasteiger partial charge in [-0.3, -0.25) is 29.4 Å². The molecule has 45 heavy (non-hydrogen) atoms. The van der Waals surface area contributed by atoms with Crippen molar-refractivity contribution >= 4 is 89.3 Å². The maximum atomic E-state index is 13.3.